The van der Waals surface area contributed by atoms with Crippen molar-refractivity contribution in [1.29, 1.82) is 5.41 Å². The molecule has 0 aromatic heterocycles. The molecule has 6 heteroatoms. The molecule has 32 heavy (non-hydrogen) atoms. The Morgan fingerprint density at radius 1 is 1.25 bits per heavy atom. The number of ether oxygens (including phenoxy) is 1. The second kappa shape index (κ2) is 9.82. The lowest BCUT2D eigenvalue weighted by molar-refractivity contribution is -0.128. The molecule has 0 radical (unpaired) electrons. The first-order valence-electron chi connectivity index (χ1n) is 12.5. The van der Waals surface area contributed by atoms with Gasteiger partial charge in [0.05, 0.1) is 11.5 Å². The van der Waals surface area contributed by atoms with Gasteiger partial charge in [0.15, 0.2) is 6.10 Å². The number of para-hydroxylation sites is 2. The smallest absolute Gasteiger partial charge is 0.268 e. The van der Waals surface area contributed by atoms with Gasteiger partial charge in [-0.05, 0) is 70.9 Å². The Morgan fingerprint density at radius 3 is 2.81 bits per heavy atom. The van der Waals surface area contributed by atoms with Crippen LogP contribution in [0.2, 0.25) is 0 Å². The molecule has 1 saturated carbocycles. The quantitative estimate of drug-likeness (QED) is 0.313. The van der Waals surface area contributed by atoms with Crippen molar-refractivity contribution in [1.82, 2.24) is 5.32 Å². The molecule has 0 spiro atoms. The molecule has 1 aliphatic carbocycles. The van der Waals surface area contributed by atoms with Crippen LogP contribution in [0.3, 0.4) is 0 Å². The first-order chi connectivity index (χ1) is 15.4. The SMILES string of the molecule is C[C@H]1CCC[C@@](C)(CCCCCN2C(=O)C(C3CCC(C(=N)N)C3)Oc3ccccc32)N1. The Balaban J connectivity index is 1.34. The number of hydrogen-bond acceptors (Lipinski definition) is 4. The van der Waals surface area contributed by atoms with E-state index in [9.17, 15) is 4.79 Å². The van der Waals surface area contributed by atoms with Crippen molar-refractivity contribution >= 4 is 17.4 Å². The molecule has 0 bridgehead atoms. The Bertz CT molecular complexity index is 828. The number of piperidine rings is 1. The van der Waals surface area contributed by atoms with Crippen LogP contribution in [0.25, 0.3) is 0 Å². The zero-order valence-electron chi connectivity index (χ0n) is 19.7. The van der Waals surface area contributed by atoms with Gasteiger partial charge in [0.25, 0.3) is 5.91 Å². The van der Waals surface area contributed by atoms with Crippen molar-refractivity contribution in [3.05, 3.63) is 24.3 Å². The number of benzene rings is 1. The molecule has 2 aliphatic heterocycles. The van der Waals surface area contributed by atoms with Crippen LogP contribution in [0.1, 0.15) is 78.1 Å². The second-order valence-electron chi connectivity index (χ2n) is 10.5. The minimum atomic E-state index is -0.457. The zero-order chi connectivity index (χ0) is 22.7. The van der Waals surface area contributed by atoms with Gasteiger partial charge in [-0.15, -0.1) is 0 Å². The number of amidine groups is 1. The molecule has 2 heterocycles. The fraction of sp³-hybridized carbons (Fsp3) is 0.692. The van der Waals surface area contributed by atoms with Crippen LogP contribution in [0.4, 0.5) is 5.69 Å². The average molecular weight is 441 g/mol. The number of nitrogens with one attached hydrogen (secondary N) is 2. The van der Waals surface area contributed by atoms with Gasteiger partial charge in [-0.1, -0.05) is 31.4 Å². The van der Waals surface area contributed by atoms with Gasteiger partial charge < -0.3 is 20.7 Å². The normalized spacial score (nSPS) is 32.4. The summed E-state index contributed by atoms with van der Waals surface area (Å²) >= 11 is 0. The van der Waals surface area contributed by atoms with Crippen LogP contribution in [-0.4, -0.2) is 36.0 Å². The fourth-order valence-electron chi connectivity index (χ4n) is 6.04. The van der Waals surface area contributed by atoms with Gasteiger partial charge in [-0.25, -0.2) is 0 Å². The minimum absolute atomic E-state index is 0.0765. The Morgan fingerprint density at radius 2 is 2.06 bits per heavy atom. The third-order valence-electron chi connectivity index (χ3n) is 7.83. The fourth-order valence-corrected chi connectivity index (χ4v) is 6.04. The molecule has 1 aromatic carbocycles. The number of carbonyl (C=O) groups is 1. The van der Waals surface area contributed by atoms with Gasteiger partial charge in [0.2, 0.25) is 0 Å². The number of carbonyl (C=O) groups excluding carboxylic acids is 1. The monoisotopic (exact) mass is 440 g/mol. The van der Waals surface area contributed by atoms with E-state index in [0.717, 1.165) is 50.1 Å². The number of amides is 1. The lowest BCUT2D eigenvalue weighted by Crippen LogP contribution is -2.50. The van der Waals surface area contributed by atoms with Crippen LogP contribution in [0.5, 0.6) is 5.75 Å². The summed E-state index contributed by atoms with van der Waals surface area (Å²) in [5.41, 5.74) is 6.89. The third-order valence-corrected chi connectivity index (χ3v) is 7.83. The number of unbranched alkanes of at least 4 members (excludes halogenated alkanes) is 2. The number of hydrogen-bond donors (Lipinski definition) is 3. The lowest BCUT2D eigenvalue weighted by atomic mass is 9.84. The van der Waals surface area contributed by atoms with Gasteiger partial charge >= 0.3 is 0 Å². The van der Waals surface area contributed by atoms with Gasteiger partial charge in [0, 0.05) is 30.0 Å². The Labute approximate surface area is 192 Å². The molecule has 4 N–H and O–H groups in total. The van der Waals surface area contributed by atoms with Crippen LogP contribution >= 0.6 is 0 Å². The van der Waals surface area contributed by atoms with Crippen LogP contribution in [0, 0.1) is 17.2 Å². The van der Waals surface area contributed by atoms with Crippen molar-refractivity contribution in [3.63, 3.8) is 0 Å². The first kappa shape index (κ1) is 23.1. The predicted molar refractivity (Wildman–Crippen MR) is 129 cm³/mol. The maximum Gasteiger partial charge on any atom is 0.268 e. The number of rotatable bonds is 8. The summed E-state index contributed by atoms with van der Waals surface area (Å²) in [4.78, 5) is 15.4. The molecule has 3 aliphatic rings. The van der Waals surface area contributed by atoms with E-state index in [-0.39, 0.29) is 29.1 Å². The van der Waals surface area contributed by atoms with E-state index in [2.05, 4.69) is 19.2 Å². The highest BCUT2D eigenvalue weighted by molar-refractivity contribution is 6.00. The summed E-state index contributed by atoms with van der Waals surface area (Å²) in [7, 11) is 0. The summed E-state index contributed by atoms with van der Waals surface area (Å²) in [5.74, 6) is 1.33. The first-order valence-corrected chi connectivity index (χ1v) is 12.5. The molecule has 5 atom stereocenters. The van der Waals surface area contributed by atoms with Crippen LogP contribution in [-0.2, 0) is 4.79 Å². The van der Waals surface area contributed by atoms with Gasteiger partial charge in [-0.3, -0.25) is 10.2 Å². The highest BCUT2D eigenvalue weighted by atomic mass is 16.5. The van der Waals surface area contributed by atoms with Crippen molar-refractivity contribution in [2.45, 2.75) is 95.7 Å². The van der Waals surface area contributed by atoms with E-state index in [1.54, 1.807) is 0 Å². The van der Waals surface area contributed by atoms with E-state index >= 15 is 0 Å². The lowest BCUT2D eigenvalue weighted by Gasteiger charge is -2.39. The van der Waals surface area contributed by atoms with E-state index < -0.39 is 6.10 Å². The van der Waals surface area contributed by atoms with E-state index in [4.69, 9.17) is 15.9 Å². The summed E-state index contributed by atoms with van der Waals surface area (Å²) in [5, 5.41) is 11.6. The topological polar surface area (TPSA) is 91.4 Å². The molecule has 6 nitrogen and oxygen atoms in total. The highest BCUT2D eigenvalue weighted by Gasteiger charge is 2.42. The van der Waals surface area contributed by atoms with Gasteiger partial charge in [0.1, 0.15) is 5.75 Å². The maximum atomic E-state index is 13.5. The highest BCUT2D eigenvalue weighted by Crippen LogP contribution is 2.41. The molecule has 176 valence electrons. The molecule has 3 unspecified atom stereocenters. The minimum Gasteiger partial charge on any atom is -0.478 e. The summed E-state index contributed by atoms with van der Waals surface area (Å²) in [6, 6.07) is 8.52. The largest absolute Gasteiger partial charge is 0.478 e. The molecule has 1 amide bonds. The molecule has 4 rings (SSSR count). The standard InChI is InChI=1S/C26H40N4O2/c1-18-9-8-15-26(2,29-18)14-6-3-7-16-30-21-10-4-5-11-22(21)32-23(25(30)31)19-12-13-20(17-19)24(27)28/h4-5,10-11,18-20,23,29H,3,6-9,12-17H2,1-2H3,(H3,27,28)/t18-,19?,20?,23?,26+/m0/s1. The number of anilines is 1. The molecule has 1 saturated heterocycles. The van der Waals surface area contributed by atoms with Crippen molar-refractivity contribution < 1.29 is 9.53 Å². The number of nitrogens with zero attached hydrogens (tertiary/aromatic N) is 1. The van der Waals surface area contributed by atoms with E-state index in [0.29, 0.717) is 6.04 Å². The maximum absolute atomic E-state index is 13.5. The second-order valence-corrected chi connectivity index (χ2v) is 10.5. The number of nitrogens with two attached hydrogens (primary N) is 1. The molecule has 1 aromatic rings. The van der Waals surface area contributed by atoms with E-state index in [1.807, 2.05) is 29.2 Å². The Kier molecular flexibility index (Phi) is 7.08. The zero-order valence-corrected chi connectivity index (χ0v) is 19.7. The van der Waals surface area contributed by atoms with Crippen molar-refractivity contribution in [3.8, 4) is 5.75 Å². The summed E-state index contributed by atoms with van der Waals surface area (Å²) < 4.78 is 6.21. The van der Waals surface area contributed by atoms with Crippen molar-refractivity contribution in [2.24, 2.45) is 17.6 Å². The molecular weight excluding hydrogens is 400 g/mol. The van der Waals surface area contributed by atoms with Crippen molar-refractivity contribution in [2.75, 3.05) is 11.4 Å². The Hall–Kier alpha value is -2.08. The van der Waals surface area contributed by atoms with Crippen LogP contribution in [0.15, 0.2) is 24.3 Å². The number of fused-ring (bicyclic) bond motifs is 1. The van der Waals surface area contributed by atoms with E-state index in [1.165, 1.54) is 32.1 Å². The molecular formula is C26H40N4O2. The third kappa shape index (κ3) is 5.11. The molecule has 2 fully saturated rings. The predicted octanol–water partition coefficient (Wildman–Crippen LogP) is 4.61. The summed E-state index contributed by atoms with van der Waals surface area (Å²) in [6.45, 7) is 5.39. The summed E-state index contributed by atoms with van der Waals surface area (Å²) in [6.07, 6.45) is 10.4. The van der Waals surface area contributed by atoms with Crippen LogP contribution < -0.4 is 20.7 Å². The average Bonchev–Trinajstić information content (AvgIpc) is 3.25. The van der Waals surface area contributed by atoms with Gasteiger partial charge in [-0.2, -0.15) is 0 Å².